The Labute approximate surface area is 142 Å². The number of carbonyl (C=O) groups excluding carboxylic acids is 2. The Hall–Kier alpha value is -1.46. The van der Waals surface area contributed by atoms with Gasteiger partial charge in [-0.3, -0.25) is 4.79 Å². The average Bonchev–Trinajstić information content (AvgIpc) is 2.94. The number of hydrogen-bond acceptors (Lipinski definition) is 5. The molecule has 0 saturated carbocycles. The highest BCUT2D eigenvalue weighted by Gasteiger charge is 2.18. The van der Waals surface area contributed by atoms with Gasteiger partial charge in [0.2, 0.25) is 0 Å². The number of Topliss-reactive ketones (excluding diaryl/α,β-unsaturated/α-hetero) is 1. The van der Waals surface area contributed by atoms with Crippen molar-refractivity contribution in [1.29, 1.82) is 0 Å². The molecule has 0 aliphatic carbocycles. The van der Waals surface area contributed by atoms with Gasteiger partial charge in [-0.25, -0.2) is 4.79 Å². The van der Waals surface area contributed by atoms with Crippen molar-refractivity contribution in [3.8, 4) is 0 Å². The molecule has 0 unspecified atom stereocenters. The standard InChI is InChI=1S/C18H26O4S/c1-4-5-11-22-12-9-7-6-8-10-16(19)17-14(2)15(13-23-17)18(20)21-3/h4,13H,1,5-12H2,2-3H3. The third-order valence-electron chi connectivity index (χ3n) is 3.61. The van der Waals surface area contributed by atoms with Crippen LogP contribution < -0.4 is 0 Å². The van der Waals surface area contributed by atoms with Crippen LogP contribution in [0.2, 0.25) is 0 Å². The van der Waals surface area contributed by atoms with Gasteiger partial charge in [0.05, 0.1) is 17.6 Å². The second-order valence-corrected chi connectivity index (χ2v) is 6.25. The van der Waals surface area contributed by atoms with E-state index in [1.165, 1.54) is 18.4 Å². The molecule has 0 aliphatic heterocycles. The van der Waals surface area contributed by atoms with E-state index in [-0.39, 0.29) is 11.8 Å². The van der Waals surface area contributed by atoms with Crippen LogP contribution in [-0.4, -0.2) is 32.1 Å². The molecule has 128 valence electrons. The summed E-state index contributed by atoms with van der Waals surface area (Å²) in [6.07, 6.45) is 7.25. The fourth-order valence-electron chi connectivity index (χ4n) is 2.23. The summed E-state index contributed by atoms with van der Waals surface area (Å²) < 4.78 is 10.2. The number of hydrogen-bond donors (Lipinski definition) is 0. The van der Waals surface area contributed by atoms with Crippen LogP contribution in [0.1, 0.15) is 64.1 Å². The summed E-state index contributed by atoms with van der Waals surface area (Å²) in [5.74, 6) is -0.265. The van der Waals surface area contributed by atoms with Gasteiger partial charge in [0, 0.05) is 25.0 Å². The second kappa shape index (κ2) is 11.1. The van der Waals surface area contributed by atoms with Crippen molar-refractivity contribution in [2.24, 2.45) is 0 Å². The zero-order chi connectivity index (χ0) is 17.1. The Morgan fingerprint density at radius 1 is 1.22 bits per heavy atom. The Morgan fingerprint density at radius 3 is 2.65 bits per heavy atom. The largest absolute Gasteiger partial charge is 0.465 e. The summed E-state index contributed by atoms with van der Waals surface area (Å²) >= 11 is 1.33. The van der Waals surface area contributed by atoms with Gasteiger partial charge in [-0.1, -0.05) is 18.9 Å². The highest BCUT2D eigenvalue weighted by Crippen LogP contribution is 2.24. The number of methoxy groups -OCH3 is 1. The maximum absolute atomic E-state index is 12.2. The Morgan fingerprint density at radius 2 is 1.96 bits per heavy atom. The predicted molar refractivity (Wildman–Crippen MR) is 93.4 cm³/mol. The van der Waals surface area contributed by atoms with Gasteiger partial charge in [-0.2, -0.15) is 0 Å². The number of ketones is 1. The molecule has 0 aromatic carbocycles. The molecule has 0 N–H and O–H groups in total. The first-order valence-electron chi connectivity index (χ1n) is 8.00. The summed E-state index contributed by atoms with van der Waals surface area (Å²) in [5, 5.41) is 1.70. The fraction of sp³-hybridized carbons (Fsp3) is 0.556. The minimum Gasteiger partial charge on any atom is -0.465 e. The lowest BCUT2D eigenvalue weighted by Gasteiger charge is -2.03. The molecule has 0 amide bonds. The smallest absolute Gasteiger partial charge is 0.338 e. The van der Waals surface area contributed by atoms with Crippen LogP contribution in [0.25, 0.3) is 0 Å². The van der Waals surface area contributed by atoms with E-state index < -0.39 is 0 Å². The topological polar surface area (TPSA) is 52.6 Å². The molecule has 0 saturated heterocycles. The number of esters is 1. The van der Waals surface area contributed by atoms with Gasteiger partial charge in [0.25, 0.3) is 0 Å². The second-order valence-electron chi connectivity index (χ2n) is 5.37. The molecule has 0 spiro atoms. The lowest BCUT2D eigenvalue weighted by atomic mass is 10.1. The molecular weight excluding hydrogens is 312 g/mol. The highest BCUT2D eigenvalue weighted by atomic mass is 32.1. The van der Waals surface area contributed by atoms with Gasteiger partial charge in [0.1, 0.15) is 0 Å². The lowest BCUT2D eigenvalue weighted by Crippen LogP contribution is -2.04. The molecule has 1 aromatic heterocycles. The van der Waals surface area contributed by atoms with E-state index in [1.807, 2.05) is 6.08 Å². The van der Waals surface area contributed by atoms with Gasteiger partial charge < -0.3 is 9.47 Å². The Bertz CT molecular complexity index is 519. The van der Waals surface area contributed by atoms with Gasteiger partial charge in [-0.15, -0.1) is 17.9 Å². The van der Waals surface area contributed by atoms with Gasteiger partial charge >= 0.3 is 5.97 Å². The Kier molecular flexibility index (Phi) is 9.48. The summed E-state index contributed by atoms with van der Waals surface area (Å²) in [4.78, 5) is 24.5. The van der Waals surface area contributed by atoms with E-state index in [0.717, 1.165) is 50.9 Å². The van der Waals surface area contributed by atoms with Crippen LogP contribution in [-0.2, 0) is 9.47 Å². The summed E-state index contributed by atoms with van der Waals surface area (Å²) in [7, 11) is 1.35. The van der Waals surface area contributed by atoms with E-state index in [2.05, 4.69) is 6.58 Å². The molecule has 1 rings (SSSR count). The molecule has 0 atom stereocenters. The van der Waals surface area contributed by atoms with Crippen molar-refractivity contribution < 1.29 is 19.1 Å². The third-order valence-corrected chi connectivity index (χ3v) is 4.73. The number of ether oxygens (including phenoxy) is 2. The predicted octanol–water partition coefficient (Wildman–Crippen LogP) is 4.57. The number of carbonyl (C=O) groups is 2. The van der Waals surface area contributed by atoms with Crippen molar-refractivity contribution in [3.63, 3.8) is 0 Å². The normalized spacial score (nSPS) is 10.5. The summed E-state index contributed by atoms with van der Waals surface area (Å²) in [6, 6.07) is 0. The van der Waals surface area contributed by atoms with Gasteiger partial charge in [-0.05, 0) is 31.7 Å². The van der Waals surface area contributed by atoms with Crippen LogP contribution >= 0.6 is 11.3 Å². The maximum Gasteiger partial charge on any atom is 0.338 e. The monoisotopic (exact) mass is 338 g/mol. The summed E-state index contributed by atoms with van der Waals surface area (Å²) in [6.45, 7) is 6.96. The van der Waals surface area contributed by atoms with E-state index in [9.17, 15) is 9.59 Å². The molecule has 0 fully saturated rings. The van der Waals surface area contributed by atoms with Gasteiger partial charge in [0.15, 0.2) is 5.78 Å². The lowest BCUT2D eigenvalue weighted by molar-refractivity contribution is 0.0600. The van der Waals surface area contributed by atoms with Crippen LogP contribution in [0.4, 0.5) is 0 Å². The number of thiophene rings is 1. The third kappa shape index (κ3) is 6.67. The van der Waals surface area contributed by atoms with Crippen molar-refractivity contribution in [2.75, 3.05) is 20.3 Å². The molecule has 0 bridgehead atoms. The van der Waals surface area contributed by atoms with E-state index in [1.54, 1.807) is 12.3 Å². The van der Waals surface area contributed by atoms with Crippen molar-refractivity contribution >= 4 is 23.1 Å². The minimum atomic E-state index is -0.380. The Balaban J connectivity index is 2.23. The first kappa shape index (κ1) is 19.6. The van der Waals surface area contributed by atoms with Crippen LogP contribution in [0.3, 0.4) is 0 Å². The first-order valence-corrected chi connectivity index (χ1v) is 8.88. The average molecular weight is 338 g/mol. The molecule has 0 radical (unpaired) electrons. The molecule has 1 aromatic rings. The van der Waals surface area contributed by atoms with Crippen molar-refractivity contribution in [3.05, 3.63) is 34.0 Å². The first-order chi connectivity index (χ1) is 11.1. The van der Waals surface area contributed by atoms with E-state index in [0.29, 0.717) is 16.9 Å². The van der Waals surface area contributed by atoms with Crippen LogP contribution in [0.5, 0.6) is 0 Å². The van der Waals surface area contributed by atoms with Crippen molar-refractivity contribution in [2.45, 2.75) is 45.4 Å². The SMILES string of the molecule is C=CCCOCCCCCCC(=O)c1scc(C(=O)OC)c1C. The molecule has 1 heterocycles. The molecule has 4 nitrogen and oxygen atoms in total. The molecule has 23 heavy (non-hydrogen) atoms. The number of unbranched alkanes of at least 4 members (excludes halogenated alkanes) is 3. The van der Waals surface area contributed by atoms with Crippen LogP contribution in [0, 0.1) is 6.92 Å². The molecule has 0 aliphatic rings. The zero-order valence-electron chi connectivity index (χ0n) is 14.1. The molecular formula is C18H26O4S. The van der Waals surface area contributed by atoms with Crippen molar-refractivity contribution in [1.82, 2.24) is 0 Å². The van der Waals surface area contributed by atoms with E-state index >= 15 is 0 Å². The number of rotatable bonds is 12. The minimum absolute atomic E-state index is 0.116. The van der Waals surface area contributed by atoms with Crippen LogP contribution in [0.15, 0.2) is 18.0 Å². The summed E-state index contributed by atoms with van der Waals surface area (Å²) in [5.41, 5.74) is 1.24. The maximum atomic E-state index is 12.2. The quantitative estimate of drug-likeness (QED) is 0.242. The zero-order valence-corrected chi connectivity index (χ0v) is 14.9. The fourth-order valence-corrected chi connectivity index (χ4v) is 3.26. The van der Waals surface area contributed by atoms with E-state index in [4.69, 9.17) is 9.47 Å². The highest BCUT2D eigenvalue weighted by molar-refractivity contribution is 7.12. The molecule has 5 heteroatoms.